The molecule has 0 fully saturated rings. The molecule has 1 aromatic carbocycles. The van der Waals surface area contributed by atoms with Gasteiger partial charge >= 0.3 is 0 Å². The second kappa shape index (κ2) is 5.89. The first kappa shape index (κ1) is 12.2. The summed E-state index contributed by atoms with van der Waals surface area (Å²) in [7, 11) is 0. The van der Waals surface area contributed by atoms with E-state index in [4.69, 9.17) is 5.11 Å². The van der Waals surface area contributed by atoms with Crippen molar-refractivity contribution in [3.05, 3.63) is 35.9 Å². The maximum absolute atomic E-state index is 9.05. The van der Waals surface area contributed by atoms with Gasteiger partial charge in [0.05, 0.1) is 0 Å². The van der Waals surface area contributed by atoms with Gasteiger partial charge in [0.25, 0.3) is 0 Å². The summed E-state index contributed by atoms with van der Waals surface area (Å²) in [5.74, 6) is 0.288. The normalized spacial score (nSPS) is 17.1. The zero-order valence-electron chi connectivity index (χ0n) is 9.77. The molecule has 15 heavy (non-hydrogen) atoms. The highest BCUT2D eigenvalue weighted by Crippen LogP contribution is 2.14. The highest BCUT2D eigenvalue weighted by molar-refractivity contribution is 5.18. The van der Waals surface area contributed by atoms with Crippen molar-refractivity contribution in [2.75, 3.05) is 6.61 Å². The van der Waals surface area contributed by atoms with Crippen molar-refractivity contribution in [2.45, 2.75) is 32.9 Å². The third-order valence-electron chi connectivity index (χ3n) is 2.95. The standard InChI is InChI=1S/C13H21NO/c1-10(9-15)11(2)14-12(3)13-7-5-4-6-8-13/h4-8,10-12,14-15H,9H2,1-3H3. The molecule has 0 spiro atoms. The second-order valence-electron chi connectivity index (χ2n) is 4.25. The van der Waals surface area contributed by atoms with Gasteiger partial charge in [-0.25, -0.2) is 0 Å². The summed E-state index contributed by atoms with van der Waals surface area (Å²) in [5.41, 5.74) is 1.29. The Morgan fingerprint density at radius 1 is 1.13 bits per heavy atom. The first-order valence-electron chi connectivity index (χ1n) is 5.57. The van der Waals surface area contributed by atoms with Gasteiger partial charge in [-0.15, -0.1) is 0 Å². The van der Waals surface area contributed by atoms with Crippen LogP contribution >= 0.6 is 0 Å². The summed E-state index contributed by atoms with van der Waals surface area (Å²) in [6.45, 7) is 6.54. The van der Waals surface area contributed by atoms with Gasteiger partial charge < -0.3 is 10.4 Å². The largest absolute Gasteiger partial charge is 0.396 e. The number of aliphatic hydroxyl groups is 1. The average Bonchev–Trinajstić information content (AvgIpc) is 2.29. The van der Waals surface area contributed by atoms with Crippen LogP contribution in [0, 0.1) is 5.92 Å². The lowest BCUT2D eigenvalue weighted by atomic mass is 10.0. The molecule has 0 aliphatic rings. The fourth-order valence-corrected chi connectivity index (χ4v) is 1.55. The second-order valence-corrected chi connectivity index (χ2v) is 4.25. The van der Waals surface area contributed by atoms with Crippen LogP contribution in [0.3, 0.4) is 0 Å². The van der Waals surface area contributed by atoms with Gasteiger partial charge in [0.2, 0.25) is 0 Å². The predicted octanol–water partition coefficient (Wildman–Crippen LogP) is 2.35. The van der Waals surface area contributed by atoms with E-state index in [0.29, 0.717) is 12.1 Å². The lowest BCUT2D eigenvalue weighted by Crippen LogP contribution is -2.35. The summed E-state index contributed by atoms with van der Waals surface area (Å²) in [6, 6.07) is 11.0. The Morgan fingerprint density at radius 3 is 2.27 bits per heavy atom. The number of benzene rings is 1. The van der Waals surface area contributed by atoms with Crippen molar-refractivity contribution >= 4 is 0 Å². The van der Waals surface area contributed by atoms with Crippen molar-refractivity contribution in [2.24, 2.45) is 5.92 Å². The minimum absolute atomic E-state index is 0.232. The van der Waals surface area contributed by atoms with Crippen LogP contribution in [0.25, 0.3) is 0 Å². The third kappa shape index (κ3) is 3.65. The summed E-state index contributed by atoms with van der Waals surface area (Å²) in [4.78, 5) is 0. The Balaban J connectivity index is 2.52. The highest BCUT2D eigenvalue weighted by Gasteiger charge is 2.14. The quantitative estimate of drug-likeness (QED) is 0.777. The molecular formula is C13H21NO. The maximum Gasteiger partial charge on any atom is 0.0471 e. The number of nitrogens with one attached hydrogen (secondary N) is 1. The summed E-state index contributed by atoms with van der Waals surface area (Å²) < 4.78 is 0. The average molecular weight is 207 g/mol. The smallest absolute Gasteiger partial charge is 0.0471 e. The fourth-order valence-electron chi connectivity index (χ4n) is 1.55. The van der Waals surface area contributed by atoms with Crippen molar-refractivity contribution in [3.8, 4) is 0 Å². The molecule has 0 aliphatic heterocycles. The molecule has 1 rings (SSSR count). The Kier molecular flexibility index (Phi) is 4.79. The minimum Gasteiger partial charge on any atom is -0.396 e. The SMILES string of the molecule is CC(NC(C)C(C)CO)c1ccccc1. The van der Waals surface area contributed by atoms with Crippen molar-refractivity contribution in [1.29, 1.82) is 0 Å². The van der Waals surface area contributed by atoms with Gasteiger partial charge in [0, 0.05) is 18.7 Å². The number of hydrogen-bond donors (Lipinski definition) is 2. The van der Waals surface area contributed by atoms with Gasteiger partial charge in [-0.05, 0) is 25.3 Å². The molecule has 1 aromatic rings. The minimum atomic E-state index is 0.232. The monoisotopic (exact) mass is 207 g/mol. The van der Waals surface area contributed by atoms with E-state index in [1.807, 2.05) is 18.2 Å². The van der Waals surface area contributed by atoms with E-state index in [-0.39, 0.29) is 12.5 Å². The first-order chi connectivity index (χ1) is 7.15. The Hall–Kier alpha value is -0.860. The van der Waals surface area contributed by atoms with Crippen LogP contribution in [0.1, 0.15) is 32.4 Å². The molecule has 3 atom stereocenters. The molecule has 0 radical (unpaired) electrons. The lowest BCUT2D eigenvalue weighted by molar-refractivity contribution is 0.202. The van der Waals surface area contributed by atoms with E-state index in [9.17, 15) is 0 Å². The van der Waals surface area contributed by atoms with Gasteiger partial charge in [-0.1, -0.05) is 37.3 Å². The molecule has 0 amide bonds. The zero-order valence-corrected chi connectivity index (χ0v) is 9.77. The van der Waals surface area contributed by atoms with Crippen LogP contribution in [0.2, 0.25) is 0 Å². The van der Waals surface area contributed by atoms with E-state index in [2.05, 4.69) is 38.2 Å². The zero-order chi connectivity index (χ0) is 11.3. The van der Waals surface area contributed by atoms with E-state index in [1.54, 1.807) is 0 Å². The summed E-state index contributed by atoms with van der Waals surface area (Å²) >= 11 is 0. The molecule has 0 saturated carbocycles. The molecule has 2 heteroatoms. The number of hydrogen-bond acceptors (Lipinski definition) is 2. The molecule has 0 aromatic heterocycles. The summed E-state index contributed by atoms with van der Waals surface area (Å²) in [6.07, 6.45) is 0. The number of aliphatic hydroxyl groups excluding tert-OH is 1. The molecule has 0 saturated heterocycles. The Bertz CT molecular complexity index is 273. The van der Waals surface area contributed by atoms with Gasteiger partial charge in [-0.2, -0.15) is 0 Å². The molecule has 2 nitrogen and oxygen atoms in total. The Morgan fingerprint density at radius 2 is 1.73 bits per heavy atom. The van der Waals surface area contributed by atoms with Gasteiger partial charge in [-0.3, -0.25) is 0 Å². The topological polar surface area (TPSA) is 32.3 Å². The molecule has 0 aliphatic carbocycles. The molecule has 84 valence electrons. The van der Waals surface area contributed by atoms with Crippen molar-refractivity contribution in [3.63, 3.8) is 0 Å². The summed E-state index contributed by atoms with van der Waals surface area (Å²) in [5, 5.41) is 12.5. The molecule has 2 N–H and O–H groups in total. The Labute approximate surface area is 92.3 Å². The van der Waals surface area contributed by atoms with Gasteiger partial charge in [0.15, 0.2) is 0 Å². The first-order valence-corrected chi connectivity index (χ1v) is 5.57. The van der Waals surface area contributed by atoms with Crippen LogP contribution in [-0.2, 0) is 0 Å². The molecule has 0 bridgehead atoms. The maximum atomic E-state index is 9.05. The third-order valence-corrected chi connectivity index (χ3v) is 2.95. The molecule has 3 unspecified atom stereocenters. The molecular weight excluding hydrogens is 186 g/mol. The molecule has 0 heterocycles. The predicted molar refractivity (Wildman–Crippen MR) is 63.7 cm³/mol. The van der Waals surface area contributed by atoms with E-state index in [1.165, 1.54) is 5.56 Å². The van der Waals surface area contributed by atoms with E-state index < -0.39 is 0 Å². The van der Waals surface area contributed by atoms with Crippen LogP contribution in [0.15, 0.2) is 30.3 Å². The number of rotatable bonds is 5. The van der Waals surface area contributed by atoms with Crippen LogP contribution < -0.4 is 5.32 Å². The highest BCUT2D eigenvalue weighted by atomic mass is 16.3. The van der Waals surface area contributed by atoms with E-state index in [0.717, 1.165) is 0 Å². The van der Waals surface area contributed by atoms with Crippen molar-refractivity contribution in [1.82, 2.24) is 5.32 Å². The van der Waals surface area contributed by atoms with E-state index >= 15 is 0 Å². The van der Waals surface area contributed by atoms with Crippen LogP contribution in [0.4, 0.5) is 0 Å². The van der Waals surface area contributed by atoms with Crippen LogP contribution in [0.5, 0.6) is 0 Å². The van der Waals surface area contributed by atoms with Gasteiger partial charge in [0.1, 0.15) is 0 Å². The fraction of sp³-hybridized carbons (Fsp3) is 0.538. The lowest BCUT2D eigenvalue weighted by Gasteiger charge is -2.24. The van der Waals surface area contributed by atoms with Crippen LogP contribution in [-0.4, -0.2) is 17.8 Å². The van der Waals surface area contributed by atoms with Crippen molar-refractivity contribution < 1.29 is 5.11 Å².